The van der Waals surface area contributed by atoms with Crippen molar-refractivity contribution in [2.75, 3.05) is 32.7 Å². The van der Waals surface area contributed by atoms with Crippen molar-refractivity contribution in [2.45, 2.75) is 165 Å². The molecular formula is C47H82N14O11. The molecule has 0 spiro atoms. The lowest BCUT2D eigenvalue weighted by Gasteiger charge is -2.28. The minimum Gasteiger partial charge on any atom is -0.391 e. The molecule has 406 valence electrons. The fraction of sp³-hybridized carbons (Fsp3) is 0.681. The van der Waals surface area contributed by atoms with E-state index in [9.17, 15) is 53.4 Å². The molecule has 1 aromatic carbocycles. The van der Waals surface area contributed by atoms with Crippen LogP contribution in [0.4, 0.5) is 0 Å². The third-order valence-corrected chi connectivity index (χ3v) is 11.8. The Morgan fingerprint density at radius 3 is 1.65 bits per heavy atom. The Balaban J connectivity index is 2.80. The largest absolute Gasteiger partial charge is 0.391 e. The molecule has 0 aromatic heterocycles. The van der Waals surface area contributed by atoms with Crippen LogP contribution in [0.15, 0.2) is 30.3 Å². The highest BCUT2D eigenvalue weighted by Crippen LogP contribution is 2.12. The van der Waals surface area contributed by atoms with Crippen LogP contribution in [0.5, 0.6) is 0 Å². The second kappa shape index (κ2) is 33.0. The molecule has 1 saturated heterocycles. The van der Waals surface area contributed by atoms with E-state index in [4.69, 9.17) is 28.7 Å². The van der Waals surface area contributed by atoms with Gasteiger partial charge < -0.3 is 86.7 Å². The molecular weight excluding hydrogens is 937 g/mol. The summed E-state index contributed by atoms with van der Waals surface area (Å²) in [6.45, 7) is 6.07. The molecule has 1 aliphatic heterocycles. The molecule has 21 N–H and O–H groups in total. The van der Waals surface area contributed by atoms with E-state index in [2.05, 4.69) is 47.9 Å². The number of aliphatic hydroxyl groups is 2. The number of rotatable bonds is 22. The Hall–Kier alpha value is -5.83. The molecule has 0 radical (unpaired) electrons. The first-order valence-corrected chi connectivity index (χ1v) is 24.8. The van der Waals surface area contributed by atoms with Gasteiger partial charge in [0.1, 0.15) is 54.4 Å². The fourth-order valence-electron chi connectivity index (χ4n) is 7.65. The third-order valence-electron chi connectivity index (χ3n) is 11.8. The molecule has 0 aliphatic carbocycles. The number of benzene rings is 1. The van der Waals surface area contributed by atoms with E-state index in [1.54, 1.807) is 30.3 Å². The monoisotopic (exact) mass is 1020 g/mol. The molecule has 9 amide bonds. The maximum Gasteiger partial charge on any atom is 0.245 e. The highest BCUT2D eigenvalue weighted by Gasteiger charge is 2.36. The number of amides is 9. The van der Waals surface area contributed by atoms with Gasteiger partial charge in [0.2, 0.25) is 53.2 Å². The SMILES string of the molecule is CC(C)CC1NC(=O)C(Cc2ccccc2)NC(=O)[C@H](CCCCN)NC(=O)C(NC(=O)[C@H](CCCCN)NC(=O)[C@@H](N)[C@@H](C)O)CCNC(=O)[C@H]([C@@H](C)O)NC(=O)[C@H](CCN)NC(=O)C(CCN)NC1=O. The highest BCUT2D eigenvalue weighted by molar-refractivity contribution is 5.98. The van der Waals surface area contributed by atoms with Crippen molar-refractivity contribution in [3.8, 4) is 0 Å². The summed E-state index contributed by atoms with van der Waals surface area (Å²) in [6.07, 6.45) is -1.77. The van der Waals surface area contributed by atoms with Gasteiger partial charge in [-0.15, -0.1) is 0 Å². The van der Waals surface area contributed by atoms with Crippen LogP contribution < -0.4 is 76.5 Å². The van der Waals surface area contributed by atoms with Crippen molar-refractivity contribution < 1.29 is 53.4 Å². The van der Waals surface area contributed by atoms with E-state index in [1.807, 2.05) is 13.8 Å². The molecule has 1 fully saturated rings. The zero-order chi connectivity index (χ0) is 53.9. The standard InChI is InChI=1S/C47H82N14O11/c1-26(2)24-35-44(69)56-32(16-21-50)41(66)55-33(17-22-51)43(68)61-38(28(4)63)47(72)53-23-18-34(57-39(64)31(15-9-11-20-49)58-46(71)37(52)27(3)62)42(67)54-30(14-8-10-19-48)40(65)60-36(45(70)59-35)25-29-12-6-5-7-13-29/h5-7,12-13,26-28,30-38,62-63H,8-11,14-25,48-52H2,1-4H3,(H,53,72)(H,54,67)(H,55,66)(H,56,69)(H,57,64)(H,58,71)(H,59,70)(H,60,65)(H,61,68)/t27-,28-,30+,31+,32?,33+,34?,35?,36?,37+,38+/m1/s1. The Morgan fingerprint density at radius 2 is 1.11 bits per heavy atom. The van der Waals surface area contributed by atoms with Gasteiger partial charge in [-0.3, -0.25) is 43.2 Å². The van der Waals surface area contributed by atoms with Gasteiger partial charge in [0.05, 0.1) is 12.2 Å². The average Bonchev–Trinajstić information content (AvgIpc) is 3.33. The van der Waals surface area contributed by atoms with Gasteiger partial charge >= 0.3 is 0 Å². The van der Waals surface area contributed by atoms with Crippen LogP contribution in [-0.2, 0) is 49.6 Å². The summed E-state index contributed by atoms with van der Waals surface area (Å²) in [4.78, 5) is 126. The Kier molecular flexibility index (Phi) is 28.6. The van der Waals surface area contributed by atoms with E-state index in [0.717, 1.165) is 0 Å². The molecule has 1 heterocycles. The van der Waals surface area contributed by atoms with E-state index >= 15 is 0 Å². The van der Waals surface area contributed by atoms with Gasteiger partial charge in [-0.25, -0.2) is 0 Å². The number of aliphatic hydroxyl groups excluding tert-OH is 2. The Morgan fingerprint density at radius 1 is 0.611 bits per heavy atom. The van der Waals surface area contributed by atoms with Crippen molar-refractivity contribution in [1.29, 1.82) is 0 Å². The number of nitrogens with two attached hydrogens (primary N) is 5. The van der Waals surface area contributed by atoms with Crippen LogP contribution in [0, 0.1) is 5.92 Å². The maximum absolute atomic E-state index is 14.5. The van der Waals surface area contributed by atoms with Crippen molar-refractivity contribution in [1.82, 2.24) is 47.9 Å². The first-order chi connectivity index (χ1) is 34.2. The molecule has 1 aromatic rings. The summed E-state index contributed by atoms with van der Waals surface area (Å²) in [7, 11) is 0. The van der Waals surface area contributed by atoms with E-state index in [1.165, 1.54) is 13.8 Å². The van der Waals surface area contributed by atoms with Crippen LogP contribution in [-0.4, -0.2) is 163 Å². The number of carbonyl (C=O) groups is 9. The first kappa shape index (κ1) is 62.3. The molecule has 11 atom stereocenters. The Labute approximate surface area is 421 Å². The zero-order valence-corrected chi connectivity index (χ0v) is 42.1. The quantitative estimate of drug-likeness (QED) is 0.0483. The van der Waals surface area contributed by atoms with Gasteiger partial charge in [-0.2, -0.15) is 0 Å². The topological polar surface area (TPSA) is 432 Å². The number of hydrogen-bond donors (Lipinski definition) is 16. The number of hydrogen-bond acceptors (Lipinski definition) is 16. The second-order valence-electron chi connectivity index (χ2n) is 18.5. The maximum atomic E-state index is 14.5. The van der Waals surface area contributed by atoms with Crippen LogP contribution >= 0.6 is 0 Å². The third kappa shape index (κ3) is 21.9. The minimum absolute atomic E-state index is 0.00471. The van der Waals surface area contributed by atoms with Gasteiger partial charge in [0, 0.05) is 13.0 Å². The molecule has 4 unspecified atom stereocenters. The van der Waals surface area contributed by atoms with E-state index < -0.39 is 120 Å². The lowest BCUT2D eigenvalue weighted by atomic mass is 10.00. The zero-order valence-electron chi connectivity index (χ0n) is 42.1. The minimum atomic E-state index is -1.63. The van der Waals surface area contributed by atoms with Gasteiger partial charge in [0.15, 0.2) is 0 Å². The van der Waals surface area contributed by atoms with Crippen LogP contribution in [0.2, 0.25) is 0 Å². The lowest BCUT2D eigenvalue weighted by Crippen LogP contribution is -2.61. The molecule has 25 nitrogen and oxygen atoms in total. The summed E-state index contributed by atoms with van der Waals surface area (Å²) in [5.41, 5.74) is 29.6. The van der Waals surface area contributed by atoms with Crippen molar-refractivity contribution in [3.63, 3.8) is 0 Å². The first-order valence-electron chi connectivity index (χ1n) is 24.8. The van der Waals surface area contributed by atoms with E-state index in [0.29, 0.717) is 31.2 Å². The molecule has 2 rings (SSSR count). The molecule has 0 saturated carbocycles. The number of unbranched alkanes of at least 4 members (excludes halogenated alkanes) is 2. The van der Waals surface area contributed by atoms with Crippen LogP contribution in [0.1, 0.15) is 97.5 Å². The smallest absolute Gasteiger partial charge is 0.245 e. The predicted molar refractivity (Wildman–Crippen MR) is 267 cm³/mol. The van der Waals surface area contributed by atoms with Gasteiger partial charge in [-0.1, -0.05) is 44.2 Å². The predicted octanol–water partition coefficient (Wildman–Crippen LogP) is -5.28. The summed E-state index contributed by atoms with van der Waals surface area (Å²) >= 11 is 0. The molecule has 1 aliphatic rings. The number of nitrogens with one attached hydrogen (secondary N) is 9. The summed E-state index contributed by atoms with van der Waals surface area (Å²) in [6, 6.07) is -3.80. The Bertz CT molecular complexity index is 1910. The normalized spacial score (nSPS) is 24.2. The summed E-state index contributed by atoms with van der Waals surface area (Å²) in [5.74, 6) is -7.84. The summed E-state index contributed by atoms with van der Waals surface area (Å²) in [5, 5.41) is 44.2. The fourth-order valence-corrected chi connectivity index (χ4v) is 7.65. The molecule has 0 bridgehead atoms. The summed E-state index contributed by atoms with van der Waals surface area (Å²) < 4.78 is 0. The van der Waals surface area contributed by atoms with Crippen LogP contribution in [0.3, 0.4) is 0 Å². The van der Waals surface area contributed by atoms with Crippen molar-refractivity contribution >= 4 is 53.2 Å². The molecule has 25 heteroatoms. The molecule has 72 heavy (non-hydrogen) atoms. The van der Waals surface area contributed by atoms with Gasteiger partial charge in [0.25, 0.3) is 0 Å². The number of carbonyl (C=O) groups excluding carboxylic acids is 9. The lowest BCUT2D eigenvalue weighted by molar-refractivity contribution is -0.136. The van der Waals surface area contributed by atoms with Crippen molar-refractivity contribution in [2.24, 2.45) is 34.6 Å². The highest BCUT2D eigenvalue weighted by atomic mass is 16.3. The van der Waals surface area contributed by atoms with E-state index in [-0.39, 0.29) is 83.6 Å². The van der Waals surface area contributed by atoms with Gasteiger partial charge in [-0.05, 0) is 116 Å². The average molecular weight is 1020 g/mol. The van der Waals surface area contributed by atoms with Crippen LogP contribution in [0.25, 0.3) is 0 Å². The second-order valence-corrected chi connectivity index (χ2v) is 18.5. The van der Waals surface area contributed by atoms with Crippen molar-refractivity contribution in [3.05, 3.63) is 35.9 Å².